The highest BCUT2D eigenvalue weighted by atomic mass is 32.2. The first-order valence-electron chi connectivity index (χ1n) is 5.99. The summed E-state index contributed by atoms with van der Waals surface area (Å²) in [5.74, 6) is 0. The van der Waals surface area contributed by atoms with Gasteiger partial charge >= 0.3 is 7.60 Å². The third kappa shape index (κ3) is 4.49. The smallest absolute Gasteiger partial charge is 0.363 e. The lowest BCUT2D eigenvalue weighted by molar-refractivity contribution is 0.230. The molecule has 0 aliphatic heterocycles. The molecule has 9 heteroatoms. The van der Waals surface area contributed by atoms with Gasteiger partial charge in [0.15, 0.2) is 0 Å². The lowest BCUT2D eigenvalue weighted by atomic mass is 10.3. The van der Waals surface area contributed by atoms with Crippen LogP contribution in [0.2, 0.25) is 0 Å². The molecule has 0 aromatic heterocycles. The van der Waals surface area contributed by atoms with Crippen LogP contribution in [-0.4, -0.2) is 27.9 Å². The molecule has 0 aliphatic carbocycles. The van der Waals surface area contributed by atoms with Crippen molar-refractivity contribution in [2.75, 3.05) is 29.9 Å². The Morgan fingerprint density at radius 3 is 2.25 bits per heavy atom. The second kappa shape index (κ2) is 6.58. The van der Waals surface area contributed by atoms with Crippen molar-refractivity contribution >= 4 is 34.3 Å². The predicted molar refractivity (Wildman–Crippen MR) is 79.8 cm³/mol. The number of nitrogen functional groups attached to an aromatic ring is 1. The average molecular weight is 322 g/mol. The third-order valence-electron chi connectivity index (χ3n) is 2.23. The summed E-state index contributed by atoms with van der Waals surface area (Å²) < 4.78 is 47.8. The van der Waals surface area contributed by atoms with Crippen molar-refractivity contribution in [3.05, 3.63) is 18.2 Å². The van der Waals surface area contributed by atoms with Crippen LogP contribution in [0.4, 0.5) is 11.4 Å². The van der Waals surface area contributed by atoms with Gasteiger partial charge in [0.25, 0.3) is 0 Å². The van der Waals surface area contributed by atoms with Crippen molar-refractivity contribution < 1.29 is 22.0 Å². The first-order valence-corrected chi connectivity index (χ1v) is 9.42. The van der Waals surface area contributed by atoms with E-state index in [0.717, 1.165) is 6.26 Å². The second-order valence-electron chi connectivity index (χ2n) is 3.98. The standard InChI is InChI=1S/C11H19N2O5PS/c1-4-17-19(14,18-5-2)11-8-9(6-7-10(11)12)13-20(3,15)16/h6-8,13H,4-5,12H2,1-3H3. The molecule has 1 aromatic carbocycles. The molecule has 7 nitrogen and oxygen atoms in total. The highest BCUT2D eigenvalue weighted by Crippen LogP contribution is 2.48. The Balaban J connectivity index is 3.27. The van der Waals surface area contributed by atoms with Crippen LogP contribution in [-0.2, 0) is 23.6 Å². The van der Waals surface area contributed by atoms with E-state index >= 15 is 0 Å². The number of anilines is 2. The van der Waals surface area contributed by atoms with E-state index in [4.69, 9.17) is 14.8 Å². The molecule has 0 spiro atoms. The van der Waals surface area contributed by atoms with Crippen molar-refractivity contribution in [1.29, 1.82) is 0 Å². The fourth-order valence-corrected chi connectivity index (χ4v) is 3.85. The SMILES string of the molecule is CCOP(=O)(OCC)c1cc(NS(C)(=O)=O)ccc1N. The van der Waals surface area contributed by atoms with Crippen molar-refractivity contribution in [3.63, 3.8) is 0 Å². The van der Waals surface area contributed by atoms with E-state index < -0.39 is 17.6 Å². The van der Waals surface area contributed by atoms with Crippen LogP contribution < -0.4 is 15.8 Å². The quantitative estimate of drug-likeness (QED) is 0.582. The predicted octanol–water partition coefficient (Wildman–Crippen LogP) is 1.53. The Bertz CT molecular complexity index is 607. The fourth-order valence-electron chi connectivity index (χ4n) is 1.57. The topological polar surface area (TPSA) is 108 Å². The molecule has 0 amide bonds. The minimum Gasteiger partial charge on any atom is -0.398 e. The van der Waals surface area contributed by atoms with E-state index in [2.05, 4.69) is 4.72 Å². The number of rotatable bonds is 7. The largest absolute Gasteiger partial charge is 0.398 e. The Labute approximate surface area is 119 Å². The summed E-state index contributed by atoms with van der Waals surface area (Å²) in [5, 5.41) is 0.148. The first kappa shape index (κ1) is 17.0. The Kier molecular flexibility index (Phi) is 5.59. The van der Waals surface area contributed by atoms with Gasteiger partial charge in [0.1, 0.15) is 0 Å². The molecule has 20 heavy (non-hydrogen) atoms. The molecule has 114 valence electrons. The van der Waals surface area contributed by atoms with Crippen LogP contribution in [0.25, 0.3) is 0 Å². The molecule has 0 unspecified atom stereocenters. The van der Waals surface area contributed by atoms with Crippen molar-refractivity contribution in [2.24, 2.45) is 0 Å². The molecule has 1 rings (SSSR count). The minimum atomic E-state index is -3.56. The van der Waals surface area contributed by atoms with Crippen LogP contribution in [0, 0.1) is 0 Å². The van der Waals surface area contributed by atoms with Crippen LogP contribution >= 0.6 is 7.60 Å². The van der Waals surface area contributed by atoms with E-state index in [1.807, 2.05) is 0 Å². The summed E-state index contributed by atoms with van der Waals surface area (Å²) in [6.07, 6.45) is 1.02. The lowest BCUT2D eigenvalue weighted by Crippen LogP contribution is -2.17. The maximum Gasteiger partial charge on any atom is 0.363 e. The summed E-state index contributed by atoms with van der Waals surface area (Å²) in [7, 11) is -7.00. The molecule has 0 heterocycles. The van der Waals surface area contributed by atoms with Gasteiger partial charge in [-0.1, -0.05) is 0 Å². The molecule has 0 aliphatic rings. The van der Waals surface area contributed by atoms with Gasteiger partial charge in [0, 0.05) is 11.4 Å². The lowest BCUT2D eigenvalue weighted by Gasteiger charge is -2.19. The molecule has 0 saturated carbocycles. The Morgan fingerprint density at radius 2 is 1.80 bits per heavy atom. The van der Waals surface area contributed by atoms with Crippen LogP contribution in [0.5, 0.6) is 0 Å². The normalized spacial score (nSPS) is 12.3. The molecule has 0 saturated heterocycles. The highest BCUT2D eigenvalue weighted by molar-refractivity contribution is 7.92. The van der Waals surface area contributed by atoms with Gasteiger partial charge in [-0.25, -0.2) is 8.42 Å². The van der Waals surface area contributed by atoms with E-state index in [1.54, 1.807) is 13.8 Å². The van der Waals surface area contributed by atoms with Gasteiger partial charge in [-0.15, -0.1) is 0 Å². The summed E-state index contributed by atoms with van der Waals surface area (Å²) in [6.45, 7) is 3.72. The Morgan fingerprint density at radius 1 is 1.25 bits per heavy atom. The zero-order chi connectivity index (χ0) is 15.4. The summed E-state index contributed by atoms with van der Waals surface area (Å²) in [6, 6.07) is 4.29. The summed E-state index contributed by atoms with van der Waals surface area (Å²) in [4.78, 5) is 0. The monoisotopic (exact) mass is 322 g/mol. The van der Waals surface area contributed by atoms with Gasteiger partial charge in [-0.3, -0.25) is 9.29 Å². The molecule has 1 aromatic rings. The second-order valence-corrected chi connectivity index (χ2v) is 7.72. The average Bonchev–Trinajstić information content (AvgIpc) is 2.30. The van der Waals surface area contributed by atoms with E-state index in [1.165, 1.54) is 18.2 Å². The Hall–Kier alpha value is -1.08. The number of nitrogens with two attached hydrogens (primary N) is 1. The summed E-state index contributed by atoms with van der Waals surface area (Å²) >= 11 is 0. The van der Waals surface area contributed by atoms with Crippen molar-refractivity contribution in [1.82, 2.24) is 0 Å². The van der Waals surface area contributed by atoms with E-state index in [0.29, 0.717) is 0 Å². The number of hydrogen-bond donors (Lipinski definition) is 2. The third-order valence-corrected chi connectivity index (χ3v) is 5.01. The number of nitrogens with one attached hydrogen (secondary N) is 1. The maximum absolute atomic E-state index is 12.7. The number of hydrogen-bond acceptors (Lipinski definition) is 6. The van der Waals surface area contributed by atoms with Crippen LogP contribution in [0.15, 0.2) is 18.2 Å². The van der Waals surface area contributed by atoms with E-state index in [9.17, 15) is 13.0 Å². The van der Waals surface area contributed by atoms with Gasteiger partial charge in [-0.2, -0.15) is 0 Å². The van der Waals surface area contributed by atoms with Gasteiger partial charge in [0.05, 0.1) is 24.8 Å². The highest BCUT2D eigenvalue weighted by Gasteiger charge is 2.29. The van der Waals surface area contributed by atoms with E-state index in [-0.39, 0.29) is 29.9 Å². The first-order chi connectivity index (χ1) is 9.22. The zero-order valence-electron chi connectivity index (χ0n) is 11.6. The van der Waals surface area contributed by atoms with Crippen LogP contribution in [0.3, 0.4) is 0 Å². The van der Waals surface area contributed by atoms with Crippen molar-refractivity contribution in [3.8, 4) is 0 Å². The van der Waals surface area contributed by atoms with Crippen molar-refractivity contribution in [2.45, 2.75) is 13.8 Å². The fraction of sp³-hybridized carbons (Fsp3) is 0.455. The molecule has 0 fully saturated rings. The number of benzene rings is 1. The maximum atomic E-state index is 12.7. The minimum absolute atomic E-state index is 0.148. The molecule has 0 bridgehead atoms. The molecule has 3 N–H and O–H groups in total. The zero-order valence-corrected chi connectivity index (χ0v) is 13.3. The van der Waals surface area contributed by atoms with Gasteiger partial charge in [-0.05, 0) is 32.0 Å². The summed E-state index contributed by atoms with van der Waals surface area (Å²) in [5.41, 5.74) is 6.25. The van der Waals surface area contributed by atoms with Gasteiger partial charge < -0.3 is 14.8 Å². The molecule has 0 atom stereocenters. The molecule has 0 radical (unpaired) electrons. The molecular weight excluding hydrogens is 303 g/mol. The van der Waals surface area contributed by atoms with Gasteiger partial charge in [0.2, 0.25) is 10.0 Å². The molecular formula is C11H19N2O5PS. The van der Waals surface area contributed by atoms with Crippen LogP contribution in [0.1, 0.15) is 13.8 Å². The number of sulfonamides is 1.